The van der Waals surface area contributed by atoms with Crippen LogP contribution < -0.4 is 0 Å². The normalized spacial score (nSPS) is 14.8. The van der Waals surface area contributed by atoms with Gasteiger partial charge in [-0.05, 0) is 25.0 Å². The molecule has 2 aromatic rings. The maximum atomic E-state index is 12.2. The standard InChI is InChI=1S/C14H17N3O2/c1-16(10-6-7-10)14(19)8-17-12-5-3-2-4-11(12)15-13(17)9-18/h2-5,10,18H,6-9H2,1H3. The molecule has 1 aromatic heterocycles. The Morgan fingerprint density at radius 1 is 1.47 bits per heavy atom. The number of nitrogens with zero attached hydrogens (tertiary/aromatic N) is 3. The van der Waals surface area contributed by atoms with Gasteiger partial charge in [0.2, 0.25) is 5.91 Å². The highest BCUT2D eigenvalue weighted by molar-refractivity contribution is 5.81. The monoisotopic (exact) mass is 259 g/mol. The van der Waals surface area contributed by atoms with E-state index in [1.54, 1.807) is 9.47 Å². The Hall–Kier alpha value is -1.88. The van der Waals surface area contributed by atoms with Gasteiger partial charge < -0.3 is 14.6 Å². The van der Waals surface area contributed by atoms with Crippen LogP contribution in [0.1, 0.15) is 18.7 Å². The lowest BCUT2D eigenvalue weighted by atomic mass is 10.3. The van der Waals surface area contributed by atoms with Gasteiger partial charge in [0, 0.05) is 13.1 Å². The third-order valence-corrected chi connectivity index (χ3v) is 3.66. The highest BCUT2D eigenvalue weighted by Crippen LogP contribution is 2.26. The SMILES string of the molecule is CN(C(=O)Cn1c(CO)nc2ccccc21)C1CC1. The Labute approximate surface area is 111 Å². The molecule has 1 aromatic carbocycles. The molecule has 100 valence electrons. The van der Waals surface area contributed by atoms with Gasteiger partial charge in [-0.3, -0.25) is 4.79 Å². The summed E-state index contributed by atoms with van der Waals surface area (Å²) in [5, 5.41) is 9.38. The number of aliphatic hydroxyl groups is 1. The summed E-state index contributed by atoms with van der Waals surface area (Å²) in [6.07, 6.45) is 2.19. The van der Waals surface area contributed by atoms with Crippen molar-refractivity contribution in [3.8, 4) is 0 Å². The molecule has 1 amide bonds. The van der Waals surface area contributed by atoms with E-state index in [1.807, 2.05) is 31.3 Å². The molecule has 0 atom stereocenters. The zero-order valence-electron chi connectivity index (χ0n) is 10.9. The lowest BCUT2D eigenvalue weighted by Crippen LogP contribution is -2.32. The van der Waals surface area contributed by atoms with E-state index in [0.717, 1.165) is 23.9 Å². The van der Waals surface area contributed by atoms with Gasteiger partial charge in [-0.15, -0.1) is 0 Å². The van der Waals surface area contributed by atoms with Crippen molar-refractivity contribution in [2.75, 3.05) is 7.05 Å². The average molecular weight is 259 g/mol. The van der Waals surface area contributed by atoms with E-state index in [4.69, 9.17) is 0 Å². The first-order chi connectivity index (χ1) is 9.20. The van der Waals surface area contributed by atoms with Crippen LogP contribution in [0.5, 0.6) is 0 Å². The third kappa shape index (κ3) is 2.21. The van der Waals surface area contributed by atoms with Crippen molar-refractivity contribution in [3.63, 3.8) is 0 Å². The highest BCUT2D eigenvalue weighted by Gasteiger charge is 2.29. The molecule has 1 fully saturated rings. The predicted molar refractivity (Wildman–Crippen MR) is 71.4 cm³/mol. The second-order valence-electron chi connectivity index (χ2n) is 5.00. The number of benzene rings is 1. The number of aromatic nitrogens is 2. The molecule has 0 unspecified atom stereocenters. The molecule has 0 aliphatic heterocycles. The van der Waals surface area contributed by atoms with Crippen molar-refractivity contribution >= 4 is 16.9 Å². The van der Waals surface area contributed by atoms with Crippen LogP contribution in [0, 0.1) is 0 Å². The van der Waals surface area contributed by atoms with E-state index in [2.05, 4.69) is 4.98 Å². The number of amides is 1. The van der Waals surface area contributed by atoms with Crippen LogP contribution in [-0.4, -0.2) is 38.6 Å². The minimum atomic E-state index is -0.158. The second-order valence-corrected chi connectivity index (χ2v) is 5.00. The van der Waals surface area contributed by atoms with Crippen LogP contribution >= 0.6 is 0 Å². The molecule has 19 heavy (non-hydrogen) atoms. The van der Waals surface area contributed by atoms with Gasteiger partial charge >= 0.3 is 0 Å². The molecule has 0 bridgehead atoms. The fraction of sp³-hybridized carbons (Fsp3) is 0.429. The summed E-state index contributed by atoms with van der Waals surface area (Å²) in [7, 11) is 1.84. The molecule has 5 nitrogen and oxygen atoms in total. The van der Waals surface area contributed by atoms with Gasteiger partial charge in [-0.1, -0.05) is 12.1 Å². The number of imidazole rings is 1. The molecule has 1 aliphatic carbocycles. The van der Waals surface area contributed by atoms with E-state index in [0.29, 0.717) is 11.9 Å². The Morgan fingerprint density at radius 3 is 2.89 bits per heavy atom. The van der Waals surface area contributed by atoms with Gasteiger partial charge in [-0.2, -0.15) is 0 Å². The van der Waals surface area contributed by atoms with E-state index < -0.39 is 0 Å². The lowest BCUT2D eigenvalue weighted by Gasteiger charge is -2.17. The maximum absolute atomic E-state index is 12.2. The molecular formula is C14H17N3O2. The lowest BCUT2D eigenvalue weighted by molar-refractivity contribution is -0.131. The van der Waals surface area contributed by atoms with Crippen LogP contribution in [-0.2, 0) is 17.9 Å². The first-order valence-electron chi connectivity index (χ1n) is 6.51. The highest BCUT2D eigenvalue weighted by atomic mass is 16.3. The molecule has 1 aliphatic rings. The zero-order valence-corrected chi connectivity index (χ0v) is 10.9. The fourth-order valence-corrected chi connectivity index (χ4v) is 2.33. The summed E-state index contributed by atoms with van der Waals surface area (Å²) in [6.45, 7) is 0.0819. The molecule has 1 saturated carbocycles. The number of likely N-dealkylation sites (N-methyl/N-ethyl adjacent to an activating group) is 1. The van der Waals surface area contributed by atoms with Gasteiger partial charge in [-0.25, -0.2) is 4.98 Å². The topological polar surface area (TPSA) is 58.4 Å². The first kappa shape index (κ1) is 12.2. The summed E-state index contributed by atoms with van der Waals surface area (Å²) in [6, 6.07) is 8.03. The number of carbonyl (C=O) groups excluding carboxylic acids is 1. The van der Waals surface area contributed by atoms with Crippen molar-refractivity contribution in [1.29, 1.82) is 0 Å². The van der Waals surface area contributed by atoms with Crippen molar-refractivity contribution in [2.45, 2.75) is 32.0 Å². The Bertz CT molecular complexity index is 616. The van der Waals surface area contributed by atoms with Crippen molar-refractivity contribution < 1.29 is 9.90 Å². The minimum absolute atomic E-state index is 0.0698. The predicted octanol–water partition coefficient (Wildman–Crippen LogP) is 1.15. The van der Waals surface area contributed by atoms with Gasteiger partial charge in [0.15, 0.2) is 0 Å². The Kier molecular flexibility index (Phi) is 2.98. The minimum Gasteiger partial charge on any atom is -0.388 e. The molecule has 0 spiro atoms. The molecule has 1 heterocycles. The Balaban J connectivity index is 1.92. The fourth-order valence-electron chi connectivity index (χ4n) is 2.33. The zero-order chi connectivity index (χ0) is 13.4. The first-order valence-corrected chi connectivity index (χ1v) is 6.51. The van der Waals surface area contributed by atoms with E-state index in [-0.39, 0.29) is 19.1 Å². The van der Waals surface area contributed by atoms with Crippen molar-refractivity contribution in [3.05, 3.63) is 30.1 Å². The number of carbonyl (C=O) groups is 1. The molecule has 0 saturated heterocycles. The molecule has 1 N–H and O–H groups in total. The van der Waals surface area contributed by atoms with Crippen molar-refractivity contribution in [1.82, 2.24) is 14.5 Å². The van der Waals surface area contributed by atoms with Crippen molar-refractivity contribution in [2.24, 2.45) is 0 Å². The second kappa shape index (κ2) is 4.66. The summed E-state index contributed by atoms with van der Waals surface area (Å²) in [4.78, 5) is 18.3. The number of para-hydroxylation sites is 2. The summed E-state index contributed by atoms with van der Waals surface area (Å²) in [5.41, 5.74) is 1.71. The van der Waals surface area contributed by atoms with Gasteiger partial charge in [0.05, 0.1) is 11.0 Å². The van der Waals surface area contributed by atoms with Gasteiger partial charge in [0.25, 0.3) is 0 Å². The number of aliphatic hydroxyl groups excluding tert-OH is 1. The number of hydrogen-bond donors (Lipinski definition) is 1. The largest absolute Gasteiger partial charge is 0.388 e. The van der Waals surface area contributed by atoms with Crippen LogP contribution in [0.3, 0.4) is 0 Å². The third-order valence-electron chi connectivity index (χ3n) is 3.66. The van der Waals surface area contributed by atoms with Crippen LogP contribution in [0.4, 0.5) is 0 Å². The number of hydrogen-bond acceptors (Lipinski definition) is 3. The summed E-state index contributed by atoms with van der Waals surface area (Å²) >= 11 is 0. The van der Waals surface area contributed by atoms with E-state index in [9.17, 15) is 9.90 Å². The Morgan fingerprint density at radius 2 is 2.21 bits per heavy atom. The van der Waals surface area contributed by atoms with Crippen LogP contribution in [0.15, 0.2) is 24.3 Å². The molecule has 3 rings (SSSR count). The van der Waals surface area contributed by atoms with Crippen LogP contribution in [0.2, 0.25) is 0 Å². The molecule has 5 heteroatoms. The van der Waals surface area contributed by atoms with E-state index >= 15 is 0 Å². The molecule has 0 radical (unpaired) electrons. The number of rotatable bonds is 4. The smallest absolute Gasteiger partial charge is 0.242 e. The molecular weight excluding hydrogens is 242 g/mol. The summed E-state index contributed by atoms with van der Waals surface area (Å²) < 4.78 is 1.80. The maximum Gasteiger partial charge on any atom is 0.242 e. The van der Waals surface area contributed by atoms with E-state index in [1.165, 1.54) is 0 Å². The van der Waals surface area contributed by atoms with Crippen LogP contribution in [0.25, 0.3) is 11.0 Å². The summed E-state index contributed by atoms with van der Waals surface area (Å²) in [5.74, 6) is 0.610. The average Bonchev–Trinajstić information content (AvgIpc) is 3.22. The number of fused-ring (bicyclic) bond motifs is 1. The van der Waals surface area contributed by atoms with Gasteiger partial charge in [0.1, 0.15) is 19.0 Å². The quantitative estimate of drug-likeness (QED) is 0.896.